The van der Waals surface area contributed by atoms with Crippen molar-refractivity contribution in [2.45, 2.75) is 13.1 Å². The second kappa shape index (κ2) is 7.11. The third kappa shape index (κ3) is 4.51. The Labute approximate surface area is 133 Å². The van der Waals surface area contributed by atoms with Crippen molar-refractivity contribution in [3.05, 3.63) is 63.1 Å². The van der Waals surface area contributed by atoms with E-state index in [1.54, 1.807) is 0 Å². The van der Waals surface area contributed by atoms with Crippen LogP contribution in [0.1, 0.15) is 11.1 Å². The smallest absolute Gasteiger partial charge is 0.0551 e. The molecule has 0 amide bonds. The average Bonchev–Trinajstić information content (AvgIpc) is 2.41. The van der Waals surface area contributed by atoms with E-state index in [0.717, 1.165) is 33.8 Å². The molecule has 0 saturated carbocycles. The molecule has 0 bridgehead atoms. The zero-order chi connectivity index (χ0) is 14.5. The van der Waals surface area contributed by atoms with Crippen molar-refractivity contribution in [1.82, 2.24) is 4.90 Å². The maximum Gasteiger partial charge on any atom is 0.0551 e. The maximum atomic E-state index is 6.09. The molecule has 0 fully saturated rings. The summed E-state index contributed by atoms with van der Waals surface area (Å²) in [5, 5.41) is 4.14. The zero-order valence-corrected chi connectivity index (χ0v) is 14.0. The summed E-state index contributed by atoms with van der Waals surface area (Å²) in [7, 11) is 4.15. The quantitative estimate of drug-likeness (QED) is 0.832. The van der Waals surface area contributed by atoms with Gasteiger partial charge in [0, 0.05) is 23.2 Å². The van der Waals surface area contributed by atoms with Gasteiger partial charge in [-0.1, -0.05) is 29.8 Å². The molecule has 1 N–H and O–H groups in total. The van der Waals surface area contributed by atoms with Crippen LogP contribution in [0.25, 0.3) is 0 Å². The lowest BCUT2D eigenvalue weighted by Crippen LogP contribution is -2.10. The molecule has 106 valence electrons. The minimum atomic E-state index is 0.741. The summed E-state index contributed by atoms with van der Waals surface area (Å²) in [5.74, 6) is 0. The van der Waals surface area contributed by atoms with E-state index in [1.165, 1.54) is 5.56 Å². The second-order valence-corrected chi connectivity index (χ2v) is 6.30. The van der Waals surface area contributed by atoms with Crippen molar-refractivity contribution >= 4 is 33.2 Å². The van der Waals surface area contributed by atoms with Gasteiger partial charge in [-0.2, -0.15) is 0 Å². The molecule has 0 spiro atoms. The fourth-order valence-corrected chi connectivity index (χ4v) is 2.40. The molecule has 0 unspecified atom stereocenters. The number of hydrogen-bond donors (Lipinski definition) is 1. The first-order valence-electron chi connectivity index (χ1n) is 6.46. The summed E-state index contributed by atoms with van der Waals surface area (Å²) in [6.45, 7) is 1.72. The summed E-state index contributed by atoms with van der Waals surface area (Å²) in [6.07, 6.45) is 0. The lowest BCUT2D eigenvalue weighted by atomic mass is 10.2. The van der Waals surface area contributed by atoms with Gasteiger partial charge in [0.15, 0.2) is 0 Å². The molecule has 20 heavy (non-hydrogen) atoms. The van der Waals surface area contributed by atoms with E-state index in [2.05, 4.69) is 70.6 Å². The predicted molar refractivity (Wildman–Crippen MR) is 90.3 cm³/mol. The van der Waals surface area contributed by atoms with Crippen LogP contribution in [-0.2, 0) is 13.1 Å². The van der Waals surface area contributed by atoms with E-state index in [9.17, 15) is 0 Å². The monoisotopic (exact) mass is 352 g/mol. The molecule has 0 aliphatic carbocycles. The average molecular weight is 354 g/mol. The van der Waals surface area contributed by atoms with Crippen molar-refractivity contribution in [2.75, 3.05) is 19.4 Å². The van der Waals surface area contributed by atoms with E-state index < -0.39 is 0 Å². The number of nitrogens with zero attached hydrogens (tertiary/aromatic N) is 1. The van der Waals surface area contributed by atoms with Crippen LogP contribution in [0.5, 0.6) is 0 Å². The Morgan fingerprint density at radius 3 is 2.30 bits per heavy atom. The molecule has 0 atom stereocenters. The van der Waals surface area contributed by atoms with Crippen LogP contribution in [0.3, 0.4) is 0 Å². The molecule has 2 rings (SSSR count). The highest BCUT2D eigenvalue weighted by Crippen LogP contribution is 2.23. The van der Waals surface area contributed by atoms with Gasteiger partial charge < -0.3 is 10.2 Å². The molecule has 0 aliphatic heterocycles. The molecule has 2 nitrogen and oxygen atoms in total. The minimum Gasteiger partial charge on any atom is -0.381 e. The first-order chi connectivity index (χ1) is 9.54. The van der Waals surface area contributed by atoms with Gasteiger partial charge in [0.25, 0.3) is 0 Å². The number of benzene rings is 2. The number of nitrogens with one attached hydrogen (secondary N) is 1. The fraction of sp³-hybridized carbons (Fsp3) is 0.250. The molecule has 0 saturated heterocycles. The lowest BCUT2D eigenvalue weighted by Gasteiger charge is -2.11. The first kappa shape index (κ1) is 15.4. The topological polar surface area (TPSA) is 15.3 Å². The Kier molecular flexibility index (Phi) is 5.46. The number of halogens is 2. The molecule has 2 aromatic rings. The molecule has 2 aromatic carbocycles. The maximum absolute atomic E-state index is 6.09. The Hall–Kier alpha value is -1.03. The summed E-state index contributed by atoms with van der Waals surface area (Å²) in [4.78, 5) is 2.16. The highest BCUT2D eigenvalue weighted by Gasteiger charge is 2.00. The van der Waals surface area contributed by atoms with Crippen LogP contribution in [0, 0.1) is 0 Å². The van der Waals surface area contributed by atoms with Gasteiger partial charge in [0.2, 0.25) is 0 Å². The molecule has 0 aliphatic rings. The third-order valence-corrected chi connectivity index (χ3v) is 4.17. The van der Waals surface area contributed by atoms with E-state index in [1.807, 2.05) is 12.1 Å². The zero-order valence-electron chi connectivity index (χ0n) is 11.7. The first-order valence-corrected chi connectivity index (χ1v) is 7.63. The third-order valence-electron chi connectivity index (χ3n) is 2.93. The normalized spacial score (nSPS) is 10.8. The highest BCUT2D eigenvalue weighted by molar-refractivity contribution is 9.10. The van der Waals surface area contributed by atoms with Gasteiger partial charge >= 0.3 is 0 Å². The highest BCUT2D eigenvalue weighted by atomic mass is 79.9. The van der Waals surface area contributed by atoms with E-state index in [4.69, 9.17) is 11.6 Å². The van der Waals surface area contributed by atoms with Gasteiger partial charge in [-0.3, -0.25) is 0 Å². The summed E-state index contributed by atoms with van der Waals surface area (Å²) in [5.41, 5.74) is 3.59. The molecule has 4 heteroatoms. The Morgan fingerprint density at radius 1 is 1.05 bits per heavy atom. The summed E-state index contributed by atoms with van der Waals surface area (Å²) < 4.78 is 0.927. The van der Waals surface area contributed by atoms with Crippen molar-refractivity contribution in [3.63, 3.8) is 0 Å². The minimum absolute atomic E-state index is 0.741. The van der Waals surface area contributed by atoms with Crippen LogP contribution in [0.4, 0.5) is 5.69 Å². The van der Waals surface area contributed by atoms with Crippen LogP contribution < -0.4 is 5.32 Å². The Morgan fingerprint density at radius 2 is 1.70 bits per heavy atom. The fourth-order valence-electron chi connectivity index (χ4n) is 1.95. The second-order valence-electron chi connectivity index (χ2n) is 5.04. The molecular formula is C16H18BrClN2. The molecule has 0 radical (unpaired) electrons. The Balaban J connectivity index is 1.95. The van der Waals surface area contributed by atoms with E-state index >= 15 is 0 Å². The van der Waals surface area contributed by atoms with Crippen LogP contribution >= 0.6 is 27.5 Å². The summed E-state index contributed by atoms with van der Waals surface area (Å²) >= 11 is 9.48. The van der Waals surface area contributed by atoms with Crippen LogP contribution in [0.15, 0.2) is 46.9 Å². The largest absolute Gasteiger partial charge is 0.381 e. The van der Waals surface area contributed by atoms with Crippen molar-refractivity contribution in [3.8, 4) is 0 Å². The van der Waals surface area contributed by atoms with Crippen LogP contribution in [0.2, 0.25) is 5.02 Å². The van der Waals surface area contributed by atoms with Gasteiger partial charge in [-0.15, -0.1) is 0 Å². The molecule has 0 heterocycles. The molecular weight excluding hydrogens is 336 g/mol. The van der Waals surface area contributed by atoms with Crippen molar-refractivity contribution < 1.29 is 0 Å². The van der Waals surface area contributed by atoms with Gasteiger partial charge in [-0.25, -0.2) is 0 Å². The van der Waals surface area contributed by atoms with Gasteiger partial charge in [-0.05, 0) is 65.4 Å². The van der Waals surface area contributed by atoms with Gasteiger partial charge in [0.05, 0.1) is 5.02 Å². The number of anilines is 1. The number of hydrogen-bond acceptors (Lipinski definition) is 2. The number of rotatable bonds is 5. The van der Waals surface area contributed by atoms with Crippen molar-refractivity contribution in [2.24, 2.45) is 0 Å². The summed E-state index contributed by atoms with van der Waals surface area (Å²) in [6, 6.07) is 14.5. The van der Waals surface area contributed by atoms with Crippen LogP contribution in [-0.4, -0.2) is 19.0 Å². The standard InChI is InChI=1S/C16H18BrClN2/c1-20(2)11-12-3-6-14(7-4-12)19-10-13-5-8-15(17)16(18)9-13/h3-9,19H,10-11H2,1-2H3. The molecule has 0 aromatic heterocycles. The lowest BCUT2D eigenvalue weighted by molar-refractivity contribution is 0.402. The van der Waals surface area contributed by atoms with Crippen molar-refractivity contribution in [1.29, 1.82) is 0 Å². The SMILES string of the molecule is CN(C)Cc1ccc(NCc2ccc(Br)c(Cl)c2)cc1. The Bertz CT molecular complexity index is 567. The van der Waals surface area contributed by atoms with E-state index in [0.29, 0.717) is 0 Å². The predicted octanol–water partition coefficient (Wildman–Crippen LogP) is 4.78. The van der Waals surface area contributed by atoms with Gasteiger partial charge in [0.1, 0.15) is 0 Å². The van der Waals surface area contributed by atoms with E-state index in [-0.39, 0.29) is 0 Å².